The highest BCUT2D eigenvalue weighted by atomic mass is 16.2. The Morgan fingerprint density at radius 1 is 1.36 bits per heavy atom. The van der Waals surface area contributed by atoms with Gasteiger partial charge in [0.15, 0.2) is 0 Å². The predicted molar refractivity (Wildman–Crippen MR) is 102 cm³/mol. The molecule has 0 bridgehead atoms. The molecule has 1 aromatic carbocycles. The van der Waals surface area contributed by atoms with Gasteiger partial charge in [-0.1, -0.05) is 19.9 Å². The zero-order chi connectivity index (χ0) is 18.0. The van der Waals surface area contributed by atoms with Crippen molar-refractivity contribution < 1.29 is 4.79 Å². The fraction of sp³-hybridized carbons (Fsp3) is 0.400. The zero-order valence-corrected chi connectivity index (χ0v) is 14.9. The highest BCUT2D eigenvalue weighted by molar-refractivity contribution is 5.87. The number of pyridine rings is 1. The number of benzene rings is 1. The number of amides is 1. The first-order valence-electron chi connectivity index (χ1n) is 8.87. The number of rotatable bonds is 4. The SMILES string of the molecule is C=CC(=O)N1CCN(c2ccc3[nH]c(=O)c(CCC)cc3c2)C[C@H]1C. The van der Waals surface area contributed by atoms with Crippen molar-refractivity contribution in [3.05, 3.63) is 52.8 Å². The lowest BCUT2D eigenvalue weighted by atomic mass is 10.1. The highest BCUT2D eigenvalue weighted by Gasteiger charge is 2.26. The first kappa shape index (κ1) is 17.3. The molecule has 25 heavy (non-hydrogen) atoms. The molecule has 1 N–H and O–H groups in total. The summed E-state index contributed by atoms with van der Waals surface area (Å²) in [6, 6.07) is 8.27. The number of aryl methyl sites for hydroxylation is 1. The van der Waals surface area contributed by atoms with Crippen molar-refractivity contribution in [2.45, 2.75) is 32.7 Å². The second-order valence-corrected chi connectivity index (χ2v) is 6.68. The Morgan fingerprint density at radius 3 is 2.84 bits per heavy atom. The number of fused-ring (bicyclic) bond motifs is 1. The summed E-state index contributed by atoms with van der Waals surface area (Å²) in [6.07, 6.45) is 3.12. The second kappa shape index (κ2) is 7.13. The van der Waals surface area contributed by atoms with Gasteiger partial charge in [0.1, 0.15) is 0 Å². The molecule has 1 aliphatic rings. The van der Waals surface area contributed by atoms with E-state index in [0.717, 1.165) is 48.1 Å². The van der Waals surface area contributed by atoms with Crippen molar-refractivity contribution in [2.24, 2.45) is 0 Å². The number of nitrogens with zero attached hydrogens (tertiary/aromatic N) is 2. The lowest BCUT2D eigenvalue weighted by Crippen LogP contribution is -2.53. The molecule has 0 saturated carbocycles. The summed E-state index contributed by atoms with van der Waals surface area (Å²) >= 11 is 0. The molecule has 1 saturated heterocycles. The van der Waals surface area contributed by atoms with Crippen LogP contribution in [0.15, 0.2) is 41.7 Å². The second-order valence-electron chi connectivity index (χ2n) is 6.68. The molecular formula is C20H25N3O2. The van der Waals surface area contributed by atoms with Crippen LogP contribution in [0.5, 0.6) is 0 Å². The van der Waals surface area contributed by atoms with Crippen LogP contribution in [0, 0.1) is 0 Å². The van der Waals surface area contributed by atoms with Gasteiger partial charge in [-0.25, -0.2) is 0 Å². The van der Waals surface area contributed by atoms with Crippen LogP contribution in [0.4, 0.5) is 5.69 Å². The van der Waals surface area contributed by atoms with Crippen molar-refractivity contribution in [3.8, 4) is 0 Å². The van der Waals surface area contributed by atoms with Crippen LogP contribution in [0.1, 0.15) is 25.8 Å². The van der Waals surface area contributed by atoms with E-state index in [-0.39, 0.29) is 17.5 Å². The molecule has 1 aromatic heterocycles. The van der Waals surface area contributed by atoms with E-state index in [9.17, 15) is 9.59 Å². The van der Waals surface area contributed by atoms with Gasteiger partial charge in [0.05, 0.1) is 0 Å². The minimum Gasteiger partial charge on any atom is -0.368 e. The maximum absolute atomic E-state index is 12.1. The number of aromatic amines is 1. The van der Waals surface area contributed by atoms with Crippen LogP contribution >= 0.6 is 0 Å². The molecule has 1 amide bonds. The van der Waals surface area contributed by atoms with Crippen LogP contribution < -0.4 is 10.5 Å². The summed E-state index contributed by atoms with van der Waals surface area (Å²) in [4.78, 5) is 31.1. The number of piperazine rings is 1. The average Bonchev–Trinajstić information content (AvgIpc) is 2.61. The quantitative estimate of drug-likeness (QED) is 0.872. The minimum absolute atomic E-state index is 0.00674. The Labute approximate surface area is 147 Å². The number of nitrogens with one attached hydrogen (secondary N) is 1. The number of carbonyl (C=O) groups excluding carboxylic acids is 1. The molecular weight excluding hydrogens is 314 g/mol. The summed E-state index contributed by atoms with van der Waals surface area (Å²) < 4.78 is 0. The molecule has 5 heteroatoms. The standard InChI is InChI=1S/C20H25N3O2/c1-4-6-15-11-16-12-17(7-8-18(16)21-20(15)25)22-9-10-23(14(3)13-22)19(24)5-2/h5,7-8,11-12,14H,2,4,6,9-10,13H2,1,3H3,(H,21,25)/t14-/m1/s1. The van der Waals surface area contributed by atoms with Crippen molar-refractivity contribution in [2.75, 3.05) is 24.5 Å². The zero-order valence-electron chi connectivity index (χ0n) is 14.9. The normalized spacial score (nSPS) is 17.8. The first-order chi connectivity index (χ1) is 12.0. The molecule has 132 valence electrons. The van der Waals surface area contributed by atoms with E-state index in [4.69, 9.17) is 0 Å². The van der Waals surface area contributed by atoms with Crippen LogP contribution in [-0.2, 0) is 11.2 Å². The smallest absolute Gasteiger partial charge is 0.251 e. The Morgan fingerprint density at radius 2 is 2.16 bits per heavy atom. The Balaban J connectivity index is 1.87. The lowest BCUT2D eigenvalue weighted by Gasteiger charge is -2.40. The third-order valence-electron chi connectivity index (χ3n) is 4.87. The van der Waals surface area contributed by atoms with E-state index in [1.807, 2.05) is 23.1 Å². The number of aromatic nitrogens is 1. The van der Waals surface area contributed by atoms with Gasteiger partial charge < -0.3 is 14.8 Å². The molecule has 0 spiro atoms. The van der Waals surface area contributed by atoms with E-state index in [2.05, 4.69) is 36.4 Å². The van der Waals surface area contributed by atoms with Gasteiger partial charge in [0, 0.05) is 47.8 Å². The van der Waals surface area contributed by atoms with Crippen molar-refractivity contribution >= 4 is 22.5 Å². The Kier molecular flexibility index (Phi) is 4.93. The van der Waals surface area contributed by atoms with Crippen LogP contribution in [0.25, 0.3) is 10.9 Å². The number of carbonyl (C=O) groups is 1. The molecule has 5 nitrogen and oxygen atoms in total. The summed E-state index contributed by atoms with van der Waals surface area (Å²) in [5.74, 6) is -0.00700. The Hall–Kier alpha value is -2.56. The fourth-order valence-corrected chi connectivity index (χ4v) is 3.53. The molecule has 0 aliphatic carbocycles. The van der Waals surface area contributed by atoms with Crippen molar-refractivity contribution in [1.82, 2.24) is 9.88 Å². The molecule has 0 radical (unpaired) electrons. The molecule has 1 fully saturated rings. The summed E-state index contributed by atoms with van der Waals surface area (Å²) in [6.45, 7) is 9.99. The van der Waals surface area contributed by atoms with E-state index in [1.165, 1.54) is 6.08 Å². The third-order valence-corrected chi connectivity index (χ3v) is 4.87. The van der Waals surface area contributed by atoms with Crippen molar-refractivity contribution in [3.63, 3.8) is 0 Å². The number of hydrogen-bond donors (Lipinski definition) is 1. The maximum Gasteiger partial charge on any atom is 0.251 e. The van der Waals surface area contributed by atoms with Gasteiger partial charge in [-0.05, 0) is 43.7 Å². The largest absolute Gasteiger partial charge is 0.368 e. The summed E-state index contributed by atoms with van der Waals surface area (Å²) in [5, 5.41) is 1.05. The van der Waals surface area contributed by atoms with Crippen LogP contribution in [0.2, 0.25) is 0 Å². The van der Waals surface area contributed by atoms with Gasteiger partial charge in [-0.2, -0.15) is 0 Å². The lowest BCUT2D eigenvalue weighted by molar-refractivity contribution is -0.128. The summed E-state index contributed by atoms with van der Waals surface area (Å²) in [5.41, 5.74) is 2.83. The topological polar surface area (TPSA) is 56.4 Å². The van der Waals surface area contributed by atoms with E-state index in [0.29, 0.717) is 6.54 Å². The third kappa shape index (κ3) is 3.45. The number of anilines is 1. The Bertz CT molecular complexity index is 856. The molecule has 2 aromatic rings. The van der Waals surface area contributed by atoms with Gasteiger partial charge in [-0.15, -0.1) is 0 Å². The van der Waals surface area contributed by atoms with Crippen molar-refractivity contribution in [1.29, 1.82) is 0 Å². The number of hydrogen-bond acceptors (Lipinski definition) is 3. The van der Waals surface area contributed by atoms with E-state index >= 15 is 0 Å². The van der Waals surface area contributed by atoms with Crippen LogP contribution in [-0.4, -0.2) is 41.5 Å². The maximum atomic E-state index is 12.1. The van der Waals surface area contributed by atoms with Gasteiger partial charge >= 0.3 is 0 Å². The van der Waals surface area contributed by atoms with E-state index in [1.54, 1.807) is 0 Å². The fourth-order valence-electron chi connectivity index (χ4n) is 3.53. The summed E-state index contributed by atoms with van der Waals surface area (Å²) in [7, 11) is 0. The molecule has 2 heterocycles. The van der Waals surface area contributed by atoms with Gasteiger partial charge in [0.25, 0.3) is 5.56 Å². The molecule has 1 aliphatic heterocycles. The monoisotopic (exact) mass is 339 g/mol. The van der Waals surface area contributed by atoms with Gasteiger partial charge in [-0.3, -0.25) is 9.59 Å². The van der Waals surface area contributed by atoms with E-state index < -0.39 is 0 Å². The number of H-pyrrole nitrogens is 1. The van der Waals surface area contributed by atoms with Gasteiger partial charge in [0.2, 0.25) is 5.91 Å². The minimum atomic E-state index is -0.00700. The van der Waals surface area contributed by atoms with Crippen LogP contribution in [0.3, 0.4) is 0 Å². The average molecular weight is 339 g/mol. The molecule has 1 atom stereocenters. The molecule has 0 unspecified atom stereocenters. The first-order valence-corrected chi connectivity index (χ1v) is 8.87. The molecule has 3 rings (SSSR count). The highest BCUT2D eigenvalue weighted by Crippen LogP contribution is 2.24. The predicted octanol–water partition coefficient (Wildman–Crippen LogP) is 2.70.